The molecule has 6 aromatic rings. The minimum atomic E-state index is -3.71. The Kier molecular flexibility index (Phi) is 5.54. The number of aryl methyl sites for hydroxylation is 1. The summed E-state index contributed by atoms with van der Waals surface area (Å²) in [6.45, 7) is 1.92. The first kappa shape index (κ1) is 22.7. The summed E-state index contributed by atoms with van der Waals surface area (Å²) in [5.41, 5.74) is 4.63. The molecule has 6 rings (SSSR count). The number of aromatic nitrogens is 4. The van der Waals surface area contributed by atoms with Crippen molar-refractivity contribution >= 4 is 49.5 Å². The van der Waals surface area contributed by atoms with E-state index < -0.39 is 10.0 Å². The van der Waals surface area contributed by atoms with Crippen molar-refractivity contribution in [3.8, 4) is 0 Å². The maximum Gasteiger partial charge on any atom is 0.261 e. The van der Waals surface area contributed by atoms with Gasteiger partial charge in [0.1, 0.15) is 5.82 Å². The van der Waals surface area contributed by atoms with Crippen LogP contribution < -0.4 is 9.62 Å². The molecule has 0 aliphatic rings. The standard InChI is InChI=1S/C28H22N6O2S/c1-20-7-13-24(14-8-20)37(35,36)32-22-9-11-23(12-10-22)34(27-16-19-33-26(31-27)15-18-30-33)25-6-2-4-21-5-3-17-29-28(21)25/h2-19,32H,1H3. The summed E-state index contributed by atoms with van der Waals surface area (Å²) >= 11 is 0. The second-order valence-corrected chi connectivity index (χ2v) is 10.3. The summed E-state index contributed by atoms with van der Waals surface area (Å²) in [5.74, 6) is 0.680. The lowest BCUT2D eigenvalue weighted by Gasteiger charge is -2.25. The van der Waals surface area contributed by atoms with E-state index in [4.69, 9.17) is 4.98 Å². The number of nitrogens with zero attached hydrogens (tertiary/aromatic N) is 5. The van der Waals surface area contributed by atoms with Gasteiger partial charge in [0, 0.05) is 35.2 Å². The van der Waals surface area contributed by atoms with Gasteiger partial charge >= 0.3 is 0 Å². The fourth-order valence-corrected chi connectivity index (χ4v) is 5.26. The molecule has 0 fully saturated rings. The van der Waals surface area contributed by atoms with Crippen LogP contribution in [0.2, 0.25) is 0 Å². The highest BCUT2D eigenvalue weighted by Crippen LogP contribution is 2.37. The van der Waals surface area contributed by atoms with Gasteiger partial charge in [0.2, 0.25) is 0 Å². The molecule has 182 valence electrons. The first-order valence-corrected chi connectivity index (χ1v) is 13.1. The van der Waals surface area contributed by atoms with Gasteiger partial charge in [-0.1, -0.05) is 35.9 Å². The third-order valence-electron chi connectivity index (χ3n) is 6.03. The predicted molar refractivity (Wildman–Crippen MR) is 145 cm³/mol. The minimum Gasteiger partial charge on any atom is -0.293 e. The number of benzene rings is 3. The predicted octanol–water partition coefficient (Wildman–Crippen LogP) is 5.86. The average molecular weight is 507 g/mol. The fraction of sp³-hybridized carbons (Fsp3) is 0.0357. The highest BCUT2D eigenvalue weighted by molar-refractivity contribution is 7.92. The molecule has 8 nitrogen and oxygen atoms in total. The summed E-state index contributed by atoms with van der Waals surface area (Å²) in [5, 5.41) is 5.25. The van der Waals surface area contributed by atoms with Crippen molar-refractivity contribution in [1.82, 2.24) is 19.6 Å². The lowest BCUT2D eigenvalue weighted by atomic mass is 10.1. The molecule has 1 N–H and O–H groups in total. The van der Waals surface area contributed by atoms with E-state index in [-0.39, 0.29) is 4.90 Å². The van der Waals surface area contributed by atoms with Crippen LogP contribution in [0.1, 0.15) is 5.56 Å². The van der Waals surface area contributed by atoms with Gasteiger partial charge in [-0.05, 0) is 61.5 Å². The highest BCUT2D eigenvalue weighted by atomic mass is 32.2. The molecule has 0 bridgehead atoms. The summed E-state index contributed by atoms with van der Waals surface area (Å²) in [7, 11) is -3.71. The van der Waals surface area contributed by atoms with Gasteiger partial charge in [0.25, 0.3) is 10.0 Å². The Labute approximate surface area is 213 Å². The zero-order valence-corrected chi connectivity index (χ0v) is 20.7. The van der Waals surface area contributed by atoms with Crippen LogP contribution in [0.15, 0.2) is 114 Å². The van der Waals surface area contributed by atoms with Crippen molar-refractivity contribution in [2.45, 2.75) is 11.8 Å². The average Bonchev–Trinajstić information content (AvgIpc) is 3.38. The summed E-state index contributed by atoms with van der Waals surface area (Å²) in [6, 6.07) is 27.6. The Bertz CT molecular complexity index is 1830. The topological polar surface area (TPSA) is 92.5 Å². The summed E-state index contributed by atoms with van der Waals surface area (Å²) in [6.07, 6.45) is 5.32. The van der Waals surface area contributed by atoms with Crippen LogP contribution in [-0.4, -0.2) is 28.0 Å². The monoisotopic (exact) mass is 506 g/mol. The van der Waals surface area contributed by atoms with E-state index in [1.807, 2.05) is 72.6 Å². The van der Waals surface area contributed by atoms with E-state index in [0.29, 0.717) is 17.2 Å². The Morgan fingerprint density at radius 3 is 2.43 bits per heavy atom. The molecule has 0 aliphatic carbocycles. The zero-order chi connectivity index (χ0) is 25.4. The first-order valence-electron chi connectivity index (χ1n) is 11.6. The van der Waals surface area contributed by atoms with Gasteiger partial charge < -0.3 is 0 Å². The number of fused-ring (bicyclic) bond motifs is 2. The Morgan fingerprint density at radius 2 is 1.62 bits per heavy atom. The van der Waals surface area contributed by atoms with Crippen molar-refractivity contribution in [1.29, 1.82) is 0 Å². The van der Waals surface area contributed by atoms with Gasteiger partial charge in [-0.2, -0.15) is 5.10 Å². The summed E-state index contributed by atoms with van der Waals surface area (Å²) < 4.78 is 30.1. The second-order valence-electron chi connectivity index (χ2n) is 8.57. The van der Waals surface area contributed by atoms with Crippen molar-refractivity contribution in [3.05, 3.63) is 115 Å². The number of rotatable bonds is 6. The van der Waals surface area contributed by atoms with Crippen LogP contribution in [0, 0.1) is 6.92 Å². The van der Waals surface area contributed by atoms with E-state index in [1.54, 1.807) is 53.3 Å². The van der Waals surface area contributed by atoms with Crippen LogP contribution in [-0.2, 0) is 10.0 Å². The van der Waals surface area contributed by atoms with Crippen LogP contribution in [0.3, 0.4) is 0 Å². The molecule has 0 saturated carbocycles. The van der Waals surface area contributed by atoms with E-state index in [2.05, 4.69) is 14.8 Å². The molecule has 0 radical (unpaired) electrons. The van der Waals surface area contributed by atoms with Gasteiger partial charge in [-0.3, -0.25) is 14.6 Å². The van der Waals surface area contributed by atoms with E-state index in [1.165, 1.54) is 0 Å². The van der Waals surface area contributed by atoms with Gasteiger partial charge in [0.05, 0.1) is 22.3 Å². The van der Waals surface area contributed by atoms with Crippen molar-refractivity contribution in [2.24, 2.45) is 0 Å². The Morgan fingerprint density at radius 1 is 0.838 bits per heavy atom. The molecule has 0 spiro atoms. The third kappa shape index (κ3) is 4.36. The molecule has 0 amide bonds. The van der Waals surface area contributed by atoms with Crippen molar-refractivity contribution < 1.29 is 8.42 Å². The zero-order valence-electron chi connectivity index (χ0n) is 19.9. The van der Waals surface area contributed by atoms with E-state index in [0.717, 1.165) is 27.8 Å². The Balaban J connectivity index is 1.42. The number of anilines is 4. The van der Waals surface area contributed by atoms with E-state index in [9.17, 15) is 8.42 Å². The number of pyridine rings is 1. The first-order chi connectivity index (χ1) is 18.0. The molecule has 3 heterocycles. The third-order valence-corrected chi connectivity index (χ3v) is 7.43. The molecule has 3 aromatic heterocycles. The smallest absolute Gasteiger partial charge is 0.261 e. The lowest BCUT2D eigenvalue weighted by molar-refractivity contribution is 0.601. The van der Waals surface area contributed by atoms with Crippen LogP contribution >= 0.6 is 0 Å². The number of para-hydroxylation sites is 1. The molecule has 3 aromatic carbocycles. The molecular weight excluding hydrogens is 484 g/mol. The highest BCUT2D eigenvalue weighted by Gasteiger charge is 2.19. The maximum absolute atomic E-state index is 12.9. The second kappa shape index (κ2) is 9.03. The molecule has 37 heavy (non-hydrogen) atoms. The minimum absolute atomic E-state index is 0.212. The fourth-order valence-electron chi connectivity index (χ4n) is 4.20. The molecule has 0 aliphatic heterocycles. The Hall–Kier alpha value is -4.76. The van der Waals surface area contributed by atoms with E-state index >= 15 is 0 Å². The maximum atomic E-state index is 12.9. The largest absolute Gasteiger partial charge is 0.293 e. The molecule has 9 heteroatoms. The lowest BCUT2D eigenvalue weighted by Crippen LogP contribution is -2.14. The number of sulfonamides is 1. The number of hydrogen-bond donors (Lipinski definition) is 1. The normalized spacial score (nSPS) is 11.6. The van der Waals surface area contributed by atoms with Crippen LogP contribution in [0.25, 0.3) is 16.6 Å². The number of hydrogen-bond acceptors (Lipinski definition) is 6. The van der Waals surface area contributed by atoms with Gasteiger partial charge in [-0.15, -0.1) is 0 Å². The quantitative estimate of drug-likeness (QED) is 0.304. The SMILES string of the molecule is Cc1ccc(S(=O)(=O)Nc2ccc(N(c3ccn4nccc4n3)c3cccc4cccnc34)cc2)cc1. The molecular formula is C28H22N6O2S. The molecule has 0 unspecified atom stereocenters. The van der Waals surface area contributed by atoms with Crippen LogP contribution in [0.4, 0.5) is 22.9 Å². The van der Waals surface area contributed by atoms with Crippen LogP contribution in [0.5, 0.6) is 0 Å². The summed E-state index contributed by atoms with van der Waals surface area (Å²) in [4.78, 5) is 11.7. The van der Waals surface area contributed by atoms with Gasteiger partial charge in [0.15, 0.2) is 5.65 Å². The van der Waals surface area contributed by atoms with Crippen molar-refractivity contribution in [3.63, 3.8) is 0 Å². The number of nitrogens with one attached hydrogen (secondary N) is 1. The van der Waals surface area contributed by atoms with Gasteiger partial charge in [-0.25, -0.2) is 17.9 Å². The van der Waals surface area contributed by atoms with Crippen molar-refractivity contribution in [2.75, 3.05) is 9.62 Å². The molecule has 0 saturated heterocycles. The molecule has 0 atom stereocenters.